The van der Waals surface area contributed by atoms with E-state index in [1.165, 1.54) is 5.56 Å². The predicted octanol–water partition coefficient (Wildman–Crippen LogP) is 3.86. The van der Waals surface area contributed by atoms with Gasteiger partial charge in [0.25, 0.3) is 5.56 Å². The Labute approximate surface area is 197 Å². The Morgan fingerprint density at radius 1 is 1.12 bits per heavy atom. The third kappa shape index (κ3) is 4.06. The zero-order valence-corrected chi connectivity index (χ0v) is 19.5. The van der Waals surface area contributed by atoms with Gasteiger partial charge < -0.3 is 14.3 Å². The van der Waals surface area contributed by atoms with Crippen molar-refractivity contribution in [1.29, 1.82) is 5.26 Å². The van der Waals surface area contributed by atoms with Gasteiger partial charge in [0.1, 0.15) is 0 Å². The quantitative estimate of drug-likeness (QED) is 0.499. The van der Waals surface area contributed by atoms with Crippen LogP contribution in [0.2, 0.25) is 0 Å². The molecule has 172 valence electrons. The Morgan fingerprint density at radius 2 is 1.91 bits per heavy atom. The second-order valence-electron chi connectivity index (χ2n) is 9.35. The highest BCUT2D eigenvalue weighted by molar-refractivity contribution is 5.89. The normalized spacial score (nSPS) is 16.0. The first-order chi connectivity index (χ1) is 16.3. The number of H-pyrrole nitrogens is 1. The molecule has 0 spiro atoms. The smallest absolute Gasteiger partial charge is 0.318 e. The van der Waals surface area contributed by atoms with Gasteiger partial charge in [-0.05, 0) is 43.2 Å². The first kappa shape index (κ1) is 21.9. The number of aryl methyl sites for hydroxylation is 1. The van der Waals surface area contributed by atoms with E-state index in [9.17, 15) is 10.1 Å². The van der Waals surface area contributed by atoms with Gasteiger partial charge in [-0.1, -0.05) is 35.4 Å². The van der Waals surface area contributed by atoms with Crippen molar-refractivity contribution in [2.45, 2.75) is 32.9 Å². The Bertz CT molecular complexity index is 1440. The van der Waals surface area contributed by atoms with Crippen molar-refractivity contribution in [2.75, 3.05) is 24.5 Å². The van der Waals surface area contributed by atoms with Gasteiger partial charge >= 0.3 is 6.01 Å². The van der Waals surface area contributed by atoms with E-state index in [4.69, 9.17) is 4.42 Å². The molecule has 34 heavy (non-hydrogen) atoms. The maximum atomic E-state index is 12.6. The summed E-state index contributed by atoms with van der Waals surface area (Å²) >= 11 is 0. The zero-order valence-electron chi connectivity index (χ0n) is 19.5. The summed E-state index contributed by atoms with van der Waals surface area (Å²) in [7, 11) is 0. The van der Waals surface area contributed by atoms with Gasteiger partial charge in [-0.25, -0.2) is 0 Å². The zero-order chi connectivity index (χ0) is 23.9. The van der Waals surface area contributed by atoms with Crippen LogP contribution in [-0.2, 0) is 6.54 Å². The van der Waals surface area contributed by atoms with Crippen molar-refractivity contribution in [3.63, 3.8) is 0 Å². The van der Waals surface area contributed by atoms with Gasteiger partial charge in [0.15, 0.2) is 0 Å². The molecule has 5 rings (SSSR count). The van der Waals surface area contributed by atoms with Gasteiger partial charge in [-0.2, -0.15) is 5.26 Å². The summed E-state index contributed by atoms with van der Waals surface area (Å²) in [5.74, 6) is 0.576. The molecule has 1 fully saturated rings. The van der Waals surface area contributed by atoms with Crippen LogP contribution >= 0.6 is 0 Å². The molecule has 1 saturated heterocycles. The van der Waals surface area contributed by atoms with Gasteiger partial charge in [-0.3, -0.25) is 9.69 Å². The molecular formula is C26H26N6O2. The third-order valence-corrected chi connectivity index (χ3v) is 6.51. The summed E-state index contributed by atoms with van der Waals surface area (Å²) in [5, 5.41) is 18.7. The number of piperazine rings is 1. The molecule has 0 saturated carbocycles. The summed E-state index contributed by atoms with van der Waals surface area (Å²) < 4.78 is 5.62. The Kier molecular flexibility index (Phi) is 5.42. The highest BCUT2D eigenvalue weighted by Crippen LogP contribution is 2.28. The van der Waals surface area contributed by atoms with E-state index in [2.05, 4.69) is 57.0 Å². The van der Waals surface area contributed by atoms with Crippen molar-refractivity contribution in [2.24, 2.45) is 0 Å². The molecule has 0 aliphatic carbocycles. The molecule has 8 nitrogen and oxygen atoms in total. The predicted molar refractivity (Wildman–Crippen MR) is 130 cm³/mol. The molecule has 2 aromatic carbocycles. The number of benzene rings is 2. The van der Waals surface area contributed by atoms with E-state index in [-0.39, 0.29) is 11.1 Å². The van der Waals surface area contributed by atoms with Gasteiger partial charge in [0, 0.05) is 55.1 Å². The number of nitriles is 1. The van der Waals surface area contributed by atoms with Crippen LogP contribution in [0.25, 0.3) is 22.0 Å². The van der Waals surface area contributed by atoms with E-state index in [1.807, 2.05) is 18.2 Å². The average Bonchev–Trinajstić information content (AvgIpc) is 3.26. The lowest BCUT2D eigenvalue weighted by atomic mass is 9.97. The summed E-state index contributed by atoms with van der Waals surface area (Å²) in [4.78, 5) is 20.1. The maximum Gasteiger partial charge on any atom is 0.318 e. The molecule has 0 atom stereocenters. The largest absolute Gasteiger partial charge is 0.408 e. The summed E-state index contributed by atoms with van der Waals surface area (Å²) in [5.41, 5.74) is 3.04. The van der Waals surface area contributed by atoms with Gasteiger partial charge in [0.2, 0.25) is 5.89 Å². The molecule has 1 aliphatic rings. The molecule has 0 unspecified atom stereocenters. The van der Waals surface area contributed by atoms with Crippen LogP contribution in [0.4, 0.5) is 6.01 Å². The van der Waals surface area contributed by atoms with Crippen molar-refractivity contribution in [1.82, 2.24) is 20.1 Å². The van der Waals surface area contributed by atoms with Gasteiger partial charge in [0.05, 0.1) is 11.6 Å². The van der Waals surface area contributed by atoms with Crippen LogP contribution in [0.15, 0.2) is 57.7 Å². The maximum absolute atomic E-state index is 12.6. The van der Waals surface area contributed by atoms with Crippen LogP contribution in [0.1, 0.15) is 30.9 Å². The Hall–Kier alpha value is -3.96. The average molecular weight is 455 g/mol. The standard InChI is InChI=1S/C26H26N6O2/c1-17-29-30-25(34-17)31-11-12-32(26(2,3)16-31)15-18-7-9-19(10-8-18)23-13-22-20(14-27)5-4-6-21(22)24(33)28-23/h4-10,13H,11-12,15-16H2,1-3H3,(H,28,33). The fraction of sp³-hybridized carbons (Fsp3) is 0.308. The number of hydrogen-bond acceptors (Lipinski definition) is 7. The molecular weight excluding hydrogens is 428 g/mol. The monoisotopic (exact) mass is 454 g/mol. The molecule has 8 heteroatoms. The molecule has 1 N–H and O–H groups in total. The van der Waals surface area contributed by atoms with Crippen LogP contribution in [0, 0.1) is 18.3 Å². The minimum atomic E-state index is -0.190. The molecule has 3 heterocycles. The minimum absolute atomic E-state index is 0.0728. The second kappa shape index (κ2) is 8.43. The molecule has 1 aliphatic heterocycles. The molecule has 2 aromatic heterocycles. The highest BCUT2D eigenvalue weighted by Gasteiger charge is 2.35. The fourth-order valence-electron chi connectivity index (χ4n) is 4.61. The number of nitrogens with one attached hydrogen (secondary N) is 1. The number of aromatic nitrogens is 3. The Balaban J connectivity index is 1.34. The summed E-state index contributed by atoms with van der Waals surface area (Å²) in [6.07, 6.45) is 0. The van der Waals surface area contributed by atoms with Crippen molar-refractivity contribution in [3.05, 3.63) is 75.9 Å². The van der Waals surface area contributed by atoms with Crippen LogP contribution in [0.5, 0.6) is 0 Å². The van der Waals surface area contributed by atoms with E-state index in [0.717, 1.165) is 31.7 Å². The first-order valence-electron chi connectivity index (χ1n) is 11.3. The number of fused-ring (bicyclic) bond motifs is 1. The number of nitrogens with zero attached hydrogens (tertiary/aromatic N) is 5. The number of pyridine rings is 1. The second-order valence-corrected chi connectivity index (χ2v) is 9.35. The molecule has 0 bridgehead atoms. The lowest BCUT2D eigenvalue weighted by Crippen LogP contribution is -2.59. The lowest BCUT2D eigenvalue weighted by Gasteiger charge is -2.46. The van der Waals surface area contributed by atoms with Crippen molar-refractivity contribution in [3.8, 4) is 17.3 Å². The van der Waals surface area contributed by atoms with Crippen LogP contribution in [0.3, 0.4) is 0 Å². The molecule has 0 radical (unpaired) electrons. The minimum Gasteiger partial charge on any atom is -0.408 e. The SMILES string of the molecule is Cc1nnc(N2CCN(Cc3ccc(-c4cc5c(C#N)cccc5c(=O)[nH]4)cc3)C(C)(C)C2)o1. The van der Waals surface area contributed by atoms with E-state index in [0.29, 0.717) is 33.9 Å². The van der Waals surface area contributed by atoms with Crippen molar-refractivity contribution < 1.29 is 4.42 Å². The lowest BCUT2D eigenvalue weighted by molar-refractivity contribution is 0.0939. The number of anilines is 1. The number of rotatable bonds is 4. The fourth-order valence-corrected chi connectivity index (χ4v) is 4.61. The Morgan fingerprint density at radius 3 is 2.59 bits per heavy atom. The summed E-state index contributed by atoms with van der Waals surface area (Å²) in [6.45, 7) is 9.57. The van der Waals surface area contributed by atoms with Crippen LogP contribution < -0.4 is 10.5 Å². The van der Waals surface area contributed by atoms with Gasteiger partial charge in [-0.15, -0.1) is 5.10 Å². The van der Waals surface area contributed by atoms with Crippen molar-refractivity contribution >= 4 is 16.8 Å². The van der Waals surface area contributed by atoms with E-state index in [1.54, 1.807) is 25.1 Å². The molecule has 4 aromatic rings. The van der Waals surface area contributed by atoms with E-state index >= 15 is 0 Å². The highest BCUT2D eigenvalue weighted by atomic mass is 16.4. The third-order valence-electron chi connectivity index (χ3n) is 6.51. The first-order valence-corrected chi connectivity index (χ1v) is 11.3. The number of hydrogen-bond donors (Lipinski definition) is 1. The number of aromatic amines is 1. The van der Waals surface area contributed by atoms with E-state index < -0.39 is 0 Å². The summed E-state index contributed by atoms with van der Waals surface area (Å²) in [6, 6.07) is 18.1. The topological polar surface area (TPSA) is 102 Å². The molecule has 0 amide bonds. The van der Waals surface area contributed by atoms with Crippen LogP contribution in [-0.4, -0.2) is 45.3 Å².